The summed E-state index contributed by atoms with van der Waals surface area (Å²) >= 11 is 0. The molecule has 0 aromatic heterocycles. The zero-order valence-electron chi connectivity index (χ0n) is 18.2. The zero-order chi connectivity index (χ0) is 21.6. The van der Waals surface area contributed by atoms with Gasteiger partial charge in [-0.3, -0.25) is 0 Å². The van der Waals surface area contributed by atoms with E-state index in [2.05, 4.69) is 34.5 Å². The monoisotopic (exact) mass is 458 g/mol. The molecular weight excluding hydrogens is 428 g/mol. The summed E-state index contributed by atoms with van der Waals surface area (Å²) in [6, 6.07) is 15.3. The van der Waals surface area contributed by atoms with E-state index in [-0.39, 0.29) is 24.9 Å². The smallest absolute Gasteiger partial charge is 0.407 e. The number of nitrogens with zero attached hydrogens (tertiary/aromatic N) is 1. The van der Waals surface area contributed by atoms with Crippen LogP contribution in [0.3, 0.4) is 0 Å². The van der Waals surface area contributed by atoms with Gasteiger partial charge in [-0.05, 0) is 67.6 Å². The molecule has 172 valence electrons. The first-order chi connectivity index (χ1) is 15.1. The van der Waals surface area contributed by atoms with Crippen LogP contribution in [0.2, 0.25) is 0 Å². The molecule has 0 bridgehead atoms. The summed E-state index contributed by atoms with van der Waals surface area (Å²) in [5.74, 6) is -1.06. The van der Waals surface area contributed by atoms with Crippen LogP contribution in [0.25, 0.3) is 11.1 Å². The Morgan fingerprint density at radius 3 is 2.19 bits per heavy atom. The SMILES string of the molecule is Cl.O=C(NC(CCCN1CCCCC1)C(=O)O)OCC1c2ccccc2-c2ccccc21. The second kappa shape index (κ2) is 11.3. The highest BCUT2D eigenvalue weighted by molar-refractivity contribution is 5.85. The highest BCUT2D eigenvalue weighted by Gasteiger charge is 2.29. The van der Waals surface area contributed by atoms with Crippen LogP contribution in [-0.2, 0) is 9.53 Å². The molecule has 0 radical (unpaired) electrons. The molecule has 7 heteroatoms. The van der Waals surface area contributed by atoms with E-state index in [1.807, 2.05) is 24.3 Å². The number of carboxylic acid groups (broad SMARTS) is 1. The number of nitrogens with one attached hydrogen (secondary N) is 1. The number of carbonyl (C=O) groups is 2. The van der Waals surface area contributed by atoms with Gasteiger partial charge in [0.15, 0.2) is 0 Å². The molecule has 1 aliphatic carbocycles. The highest BCUT2D eigenvalue weighted by Crippen LogP contribution is 2.44. The van der Waals surface area contributed by atoms with E-state index in [0.29, 0.717) is 6.42 Å². The Kier molecular flexibility index (Phi) is 8.53. The Bertz CT molecular complexity index is 884. The molecular formula is C25H31ClN2O4. The van der Waals surface area contributed by atoms with Crippen molar-refractivity contribution >= 4 is 24.5 Å². The third-order valence-corrected chi connectivity index (χ3v) is 6.35. The third-order valence-electron chi connectivity index (χ3n) is 6.35. The average molecular weight is 459 g/mol. The molecule has 4 rings (SSSR count). The number of benzene rings is 2. The molecule has 2 N–H and O–H groups in total. The van der Waals surface area contributed by atoms with E-state index in [1.54, 1.807) is 0 Å². The summed E-state index contributed by atoms with van der Waals surface area (Å²) in [7, 11) is 0. The molecule has 0 spiro atoms. The molecule has 1 heterocycles. The van der Waals surface area contributed by atoms with Gasteiger partial charge in [0, 0.05) is 5.92 Å². The predicted molar refractivity (Wildman–Crippen MR) is 126 cm³/mol. The number of aliphatic carboxylic acids is 1. The lowest BCUT2D eigenvalue weighted by molar-refractivity contribution is -0.139. The van der Waals surface area contributed by atoms with Crippen molar-refractivity contribution in [2.24, 2.45) is 0 Å². The maximum absolute atomic E-state index is 12.4. The highest BCUT2D eigenvalue weighted by atomic mass is 35.5. The molecule has 32 heavy (non-hydrogen) atoms. The van der Waals surface area contributed by atoms with Gasteiger partial charge in [0.2, 0.25) is 0 Å². The van der Waals surface area contributed by atoms with Crippen LogP contribution in [0.15, 0.2) is 48.5 Å². The van der Waals surface area contributed by atoms with Crippen LogP contribution in [0.5, 0.6) is 0 Å². The largest absolute Gasteiger partial charge is 0.480 e. The summed E-state index contributed by atoms with van der Waals surface area (Å²) in [6.45, 7) is 3.21. The molecule has 1 saturated heterocycles. The Labute approximate surface area is 195 Å². The lowest BCUT2D eigenvalue weighted by Crippen LogP contribution is -2.42. The second-order valence-electron chi connectivity index (χ2n) is 8.41. The number of hydrogen-bond donors (Lipinski definition) is 2. The number of alkyl carbamates (subject to hydrolysis) is 1. The minimum atomic E-state index is -1.02. The van der Waals surface area contributed by atoms with E-state index in [9.17, 15) is 14.7 Å². The van der Waals surface area contributed by atoms with E-state index in [4.69, 9.17) is 4.74 Å². The topological polar surface area (TPSA) is 78.9 Å². The van der Waals surface area contributed by atoms with Crippen molar-refractivity contribution in [3.8, 4) is 11.1 Å². The first-order valence-electron chi connectivity index (χ1n) is 11.2. The van der Waals surface area contributed by atoms with Crippen LogP contribution < -0.4 is 5.32 Å². The fraction of sp³-hybridized carbons (Fsp3) is 0.440. The Morgan fingerprint density at radius 2 is 1.59 bits per heavy atom. The number of hydrogen-bond acceptors (Lipinski definition) is 4. The summed E-state index contributed by atoms with van der Waals surface area (Å²) < 4.78 is 5.49. The van der Waals surface area contributed by atoms with Crippen LogP contribution in [0.4, 0.5) is 4.79 Å². The number of carbonyl (C=O) groups excluding carboxylic acids is 1. The van der Waals surface area contributed by atoms with Crippen molar-refractivity contribution in [2.45, 2.75) is 44.1 Å². The predicted octanol–water partition coefficient (Wildman–Crippen LogP) is 4.67. The second-order valence-corrected chi connectivity index (χ2v) is 8.41. The summed E-state index contributed by atoms with van der Waals surface area (Å²) in [5, 5.41) is 12.1. The molecule has 2 aromatic rings. The number of likely N-dealkylation sites (tertiary alicyclic amines) is 1. The Morgan fingerprint density at radius 1 is 1.00 bits per heavy atom. The van der Waals surface area contributed by atoms with Gasteiger partial charge in [-0.1, -0.05) is 55.0 Å². The van der Waals surface area contributed by atoms with Crippen molar-refractivity contribution in [1.29, 1.82) is 0 Å². The van der Waals surface area contributed by atoms with E-state index in [0.717, 1.165) is 48.3 Å². The average Bonchev–Trinajstić information content (AvgIpc) is 3.11. The molecule has 1 amide bonds. The standard InChI is InChI=1S/C25H30N2O4.ClH/c28-24(29)23(13-8-16-27-14-6-1-7-15-27)26-25(30)31-17-22-20-11-4-2-9-18(20)19-10-3-5-12-21(19)22;/h2-5,9-12,22-23H,1,6-8,13-17H2,(H,26,30)(H,28,29);1H. The quantitative estimate of drug-likeness (QED) is 0.601. The van der Waals surface area contributed by atoms with Gasteiger partial charge < -0.3 is 20.1 Å². The number of piperidine rings is 1. The van der Waals surface area contributed by atoms with Gasteiger partial charge in [-0.25, -0.2) is 9.59 Å². The first kappa shape index (κ1) is 24.1. The molecule has 1 unspecified atom stereocenters. The number of fused-ring (bicyclic) bond motifs is 3. The lowest BCUT2D eigenvalue weighted by atomic mass is 9.98. The minimum absolute atomic E-state index is 0. The summed E-state index contributed by atoms with van der Waals surface area (Å²) in [6.07, 6.45) is 4.15. The number of amides is 1. The number of halogens is 1. The number of carboxylic acids is 1. The minimum Gasteiger partial charge on any atom is -0.480 e. The molecule has 1 aliphatic heterocycles. The number of rotatable bonds is 8. The summed E-state index contributed by atoms with van der Waals surface area (Å²) in [4.78, 5) is 26.4. The van der Waals surface area contributed by atoms with Gasteiger partial charge in [-0.2, -0.15) is 0 Å². The lowest BCUT2D eigenvalue weighted by Gasteiger charge is -2.26. The molecule has 1 atom stereocenters. The van der Waals surface area contributed by atoms with E-state index >= 15 is 0 Å². The van der Waals surface area contributed by atoms with Crippen molar-refractivity contribution < 1.29 is 19.4 Å². The molecule has 0 saturated carbocycles. The van der Waals surface area contributed by atoms with Crippen molar-refractivity contribution in [2.75, 3.05) is 26.2 Å². The normalized spacial score (nSPS) is 16.4. The zero-order valence-corrected chi connectivity index (χ0v) is 19.0. The molecule has 6 nitrogen and oxygen atoms in total. The summed E-state index contributed by atoms with van der Waals surface area (Å²) in [5.41, 5.74) is 4.59. The maximum Gasteiger partial charge on any atom is 0.407 e. The van der Waals surface area contributed by atoms with Gasteiger partial charge in [0.05, 0.1) is 0 Å². The van der Waals surface area contributed by atoms with E-state index in [1.165, 1.54) is 19.3 Å². The van der Waals surface area contributed by atoms with Crippen molar-refractivity contribution in [1.82, 2.24) is 10.2 Å². The molecule has 2 aliphatic rings. The van der Waals surface area contributed by atoms with Crippen LogP contribution in [0.1, 0.15) is 49.1 Å². The fourth-order valence-electron chi connectivity index (χ4n) is 4.74. The molecule has 2 aromatic carbocycles. The van der Waals surface area contributed by atoms with Crippen LogP contribution in [-0.4, -0.2) is 54.4 Å². The third kappa shape index (κ3) is 5.61. The van der Waals surface area contributed by atoms with Gasteiger partial charge in [-0.15, -0.1) is 12.4 Å². The number of ether oxygens (including phenoxy) is 1. The van der Waals surface area contributed by atoms with Crippen molar-refractivity contribution in [3.05, 3.63) is 59.7 Å². The Balaban J connectivity index is 0.00000289. The molecule has 1 fully saturated rings. The first-order valence-corrected chi connectivity index (χ1v) is 11.2. The van der Waals surface area contributed by atoms with E-state index < -0.39 is 18.1 Å². The van der Waals surface area contributed by atoms with Gasteiger partial charge in [0.25, 0.3) is 0 Å². The Hall–Kier alpha value is -2.57. The van der Waals surface area contributed by atoms with Gasteiger partial charge >= 0.3 is 12.1 Å². The van der Waals surface area contributed by atoms with Crippen LogP contribution in [0, 0.1) is 0 Å². The maximum atomic E-state index is 12.4. The van der Waals surface area contributed by atoms with Crippen molar-refractivity contribution in [3.63, 3.8) is 0 Å². The van der Waals surface area contributed by atoms with Gasteiger partial charge in [0.1, 0.15) is 12.6 Å². The van der Waals surface area contributed by atoms with Crippen LogP contribution >= 0.6 is 12.4 Å². The fourth-order valence-corrected chi connectivity index (χ4v) is 4.74.